The Labute approximate surface area is 149 Å². The van der Waals surface area contributed by atoms with E-state index >= 15 is 0 Å². The quantitative estimate of drug-likeness (QED) is 0.713. The monoisotopic (exact) mass is 352 g/mol. The minimum absolute atomic E-state index is 0.0703. The first-order valence-corrected chi connectivity index (χ1v) is 8.00. The van der Waals surface area contributed by atoms with Gasteiger partial charge in [0.1, 0.15) is 17.3 Å². The first-order chi connectivity index (χ1) is 12.5. The molecule has 3 rings (SSSR count). The summed E-state index contributed by atoms with van der Waals surface area (Å²) >= 11 is 0. The highest BCUT2D eigenvalue weighted by atomic mass is 19.1. The lowest BCUT2D eigenvalue weighted by atomic mass is 10.1. The highest BCUT2D eigenvalue weighted by Gasteiger charge is 2.09. The molecule has 26 heavy (non-hydrogen) atoms. The molecule has 2 aromatic carbocycles. The Kier molecular flexibility index (Phi) is 5.24. The van der Waals surface area contributed by atoms with Gasteiger partial charge >= 0.3 is 0 Å². The highest BCUT2D eigenvalue weighted by Crippen LogP contribution is 2.26. The van der Waals surface area contributed by atoms with Crippen molar-refractivity contribution in [3.63, 3.8) is 0 Å². The maximum Gasteiger partial charge on any atom is 0.248 e. The van der Waals surface area contributed by atoms with Crippen molar-refractivity contribution in [3.8, 4) is 22.8 Å². The molecule has 0 unspecified atom stereocenters. The number of carbonyl (C=O) groups is 1. The van der Waals surface area contributed by atoms with Crippen LogP contribution in [-0.2, 0) is 6.42 Å². The van der Waals surface area contributed by atoms with E-state index in [-0.39, 0.29) is 12.4 Å². The van der Waals surface area contributed by atoms with Gasteiger partial charge in [-0.05, 0) is 60.7 Å². The van der Waals surface area contributed by atoms with Gasteiger partial charge in [0.05, 0.1) is 5.69 Å². The number of aliphatic hydroxyl groups excluding tert-OH is 1. The average Bonchev–Trinajstić information content (AvgIpc) is 2.64. The molecule has 3 aromatic rings. The van der Waals surface area contributed by atoms with Crippen LogP contribution in [-0.4, -0.2) is 22.6 Å². The van der Waals surface area contributed by atoms with E-state index in [0.29, 0.717) is 34.9 Å². The molecule has 0 fully saturated rings. The second-order valence-corrected chi connectivity index (χ2v) is 5.65. The van der Waals surface area contributed by atoms with Gasteiger partial charge in [-0.3, -0.25) is 9.78 Å². The number of nitrogens with two attached hydrogens (primary N) is 1. The summed E-state index contributed by atoms with van der Waals surface area (Å²) in [5, 5.41) is 9.11. The second kappa shape index (κ2) is 7.76. The number of halogens is 1. The van der Waals surface area contributed by atoms with Gasteiger partial charge in [0.15, 0.2) is 0 Å². The fourth-order valence-corrected chi connectivity index (χ4v) is 2.45. The minimum Gasteiger partial charge on any atom is -0.457 e. The van der Waals surface area contributed by atoms with Gasteiger partial charge in [-0.2, -0.15) is 0 Å². The largest absolute Gasteiger partial charge is 0.457 e. The Morgan fingerprint density at radius 3 is 2.23 bits per heavy atom. The van der Waals surface area contributed by atoms with E-state index in [1.54, 1.807) is 48.5 Å². The average molecular weight is 352 g/mol. The van der Waals surface area contributed by atoms with Crippen molar-refractivity contribution >= 4 is 5.91 Å². The summed E-state index contributed by atoms with van der Waals surface area (Å²) in [5.41, 5.74) is 7.66. The molecule has 0 bridgehead atoms. The number of rotatable bonds is 6. The lowest BCUT2D eigenvalue weighted by Gasteiger charge is -2.09. The zero-order valence-electron chi connectivity index (χ0n) is 13.9. The molecule has 1 aromatic heterocycles. The van der Waals surface area contributed by atoms with E-state index < -0.39 is 5.91 Å². The third kappa shape index (κ3) is 4.23. The molecule has 0 aliphatic rings. The minimum atomic E-state index is -0.552. The Balaban J connectivity index is 1.85. The van der Waals surface area contributed by atoms with E-state index in [9.17, 15) is 9.18 Å². The third-order valence-electron chi connectivity index (χ3n) is 3.73. The summed E-state index contributed by atoms with van der Waals surface area (Å²) in [6.07, 6.45) is 0.333. The van der Waals surface area contributed by atoms with Crippen LogP contribution in [0.4, 0.5) is 4.39 Å². The van der Waals surface area contributed by atoms with Crippen LogP contribution in [0.3, 0.4) is 0 Å². The number of ether oxygens (including phenoxy) is 1. The van der Waals surface area contributed by atoms with Gasteiger partial charge in [-0.15, -0.1) is 0 Å². The first-order valence-electron chi connectivity index (χ1n) is 8.00. The number of benzene rings is 2. The number of aliphatic hydroxyl groups is 1. The van der Waals surface area contributed by atoms with Crippen molar-refractivity contribution in [2.24, 2.45) is 5.73 Å². The number of primary amides is 1. The van der Waals surface area contributed by atoms with E-state index in [1.807, 2.05) is 0 Å². The third-order valence-corrected chi connectivity index (χ3v) is 3.73. The Bertz CT molecular complexity index is 909. The second-order valence-electron chi connectivity index (χ2n) is 5.65. The molecule has 0 aliphatic carbocycles. The molecule has 6 heteroatoms. The molecule has 0 saturated heterocycles. The van der Waals surface area contributed by atoms with Crippen molar-refractivity contribution in [1.29, 1.82) is 0 Å². The van der Waals surface area contributed by atoms with Crippen molar-refractivity contribution in [2.45, 2.75) is 6.42 Å². The molecule has 0 saturated carbocycles. The van der Waals surface area contributed by atoms with Crippen molar-refractivity contribution < 1.29 is 19.0 Å². The van der Waals surface area contributed by atoms with Crippen LogP contribution in [0.15, 0.2) is 60.7 Å². The molecule has 1 amide bonds. The summed E-state index contributed by atoms with van der Waals surface area (Å²) < 4.78 is 18.6. The van der Waals surface area contributed by atoms with E-state index in [4.69, 9.17) is 15.6 Å². The van der Waals surface area contributed by atoms with Gasteiger partial charge in [0.25, 0.3) is 0 Å². The number of nitrogens with zero attached hydrogens (tertiary/aromatic N) is 1. The van der Waals surface area contributed by atoms with Crippen molar-refractivity contribution in [2.75, 3.05) is 6.61 Å². The van der Waals surface area contributed by atoms with Crippen LogP contribution >= 0.6 is 0 Å². The molecular formula is C20H17FN2O3. The molecular weight excluding hydrogens is 335 g/mol. The molecule has 0 radical (unpaired) electrons. The molecule has 132 valence electrons. The summed E-state index contributed by atoms with van der Waals surface area (Å²) in [7, 11) is 0. The Morgan fingerprint density at radius 2 is 1.65 bits per heavy atom. The number of carbonyl (C=O) groups excluding carboxylic acids is 1. The topological polar surface area (TPSA) is 85.4 Å². The number of amides is 1. The SMILES string of the molecule is NC(=O)c1cc(CCO)nc(-c2ccc(Oc3ccc(F)cc3)cc2)c1. The molecule has 0 spiro atoms. The van der Waals surface area contributed by atoms with Crippen LogP contribution in [0, 0.1) is 5.82 Å². The van der Waals surface area contributed by atoms with Crippen molar-refractivity contribution in [1.82, 2.24) is 4.98 Å². The fourth-order valence-electron chi connectivity index (χ4n) is 2.45. The van der Waals surface area contributed by atoms with Crippen LogP contribution in [0.25, 0.3) is 11.3 Å². The van der Waals surface area contributed by atoms with Crippen LogP contribution in [0.5, 0.6) is 11.5 Å². The number of aromatic nitrogens is 1. The lowest BCUT2D eigenvalue weighted by Crippen LogP contribution is -2.12. The van der Waals surface area contributed by atoms with E-state index in [1.165, 1.54) is 12.1 Å². The maximum atomic E-state index is 12.9. The Hall–Kier alpha value is -3.25. The zero-order valence-corrected chi connectivity index (χ0v) is 13.9. The highest BCUT2D eigenvalue weighted by molar-refractivity contribution is 5.94. The van der Waals surface area contributed by atoms with Crippen molar-refractivity contribution in [3.05, 3.63) is 77.7 Å². The van der Waals surface area contributed by atoms with Crippen LogP contribution in [0.1, 0.15) is 16.1 Å². The number of pyridine rings is 1. The lowest BCUT2D eigenvalue weighted by molar-refractivity contribution is 0.1000. The van der Waals surface area contributed by atoms with Gasteiger partial charge in [-0.25, -0.2) is 4.39 Å². The number of hydrogen-bond acceptors (Lipinski definition) is 4. The van der Waals surface area contributed by atoms with Gasteiger partial charge < -0.3 is 15.6 Å². The summed E-state index contributed by atoms with van der Waals surface area (Å²) in [6.45, 7) is -0.0703. The summed E-state index contributed by atoms with van der Waals surface area (Å²) in [6, 6.07) is 16.0. The summed E-state index contributed by atoms with van der Waals surface area (Å²) in [4.78, 5) is 16.0. The fraction of sp³-hybridized carbons (Fsp3) is 0.100. The number of hydrogen-bond donors (Lipinski definition) is 2. The van der Waals surface area contributed by atoms with Gasteiger partial charge in [0, 0.05) is 29.8 Å². The Morgan fingerprint density at radius 1 is 1.04 bits per heavy atom. The first kappa shape index (κ1) is 17.6. The molecule has 1 heterocycles. The van der Waals surface area contributed by atoms with Gasteiger partial charge in [0.2, 0.25) is 5.91 Å². The van der Waals surface area contributed by atoms with Crippen LogP contribution in [0.2, 0.25) is 0 Å². The predicted molar refractivity (Wildman–Crippen MR) is 95.5 cm³/mol. The van der Waals surface area contributed by atoms with Crippen LogP contribution < -0.4 is 10.5 Å². The summed E-state index contributed by atoms with van der Waals surface area (Å²) in [5.74, 6) is 0.233. The van der Waals surface area contributed by atoms with E-state index in [2.05, 4.69) is 4.98 Å². The van der Waals surface area contributed by atoms with Gasteiger partial charge in [-0.1, -0.05) is 0 Å². The standard InChI is InChI=1S/C20H17FN2O3/c21-15-3-7-18(8-4-15)26-17-5-1-13(2-6-17)19-12-14(20(22)25)11-16(23-19)9-10-24/h1-8,11-12,24H,9-10H2,(H2,22,25). The predicted octanol–water partition coefficient (Wildman–Crippen LogP) is 3.31. The smallest absolute Gasteiger partial charge is 0.248 e. The molecule has 0 atom stereocenters. The molecule has 3 N–H and O–H groups in total. The van der Waals surface area contributed by atoms with E-state index in [0.717, 1.165) is 5.56 Å². The normalized spacial score (nSPS) is 10.5. The zero-order chi connectivity index (χ0) is 18.5. The maximum absolute atomic E-state index is 12.9. The molecule has 5 nitrogen and oxygen atoms in total. The molecule has 0 aliphatic heterocycles.